The third-order valence-electron chi connectivity index (χ3n) is 3.26. The van der Waals surface area contributed by atoms with E-state index >= 15 is 0 Å². The monoisotopic (exact) mass is 457 g/mol. The lowest BCUT2D eigenvalue weighted by Crippen LogP contribution is -2.11. The first-order valence-corrected chi connectivity index (χ1v) is 9.82. The number of thiazole rings is 1. The van der Waals surface area contributed by atoms with Crippen LogP contribution in [-0.2, 0) is 23.7 Å². The van der Waals surface area contributed by atoms with Gasteiger partial charge in [0.25, 0.3) is 0 Å². The van der Waals surface area contributed by atoms with Crippen molar-refractivity contribution >= 4 is 34.4 Å². The first kappa shape index (κ1) is 21.0. The summed E-state index contributed by atoms with van der Waals surface area (Å²) in [6.45, 7) is 0.284. The minimum Gasteiger partial charge on any atom is -0.377 e. The molecule has 0 fully saturated rings. The number of nitrogens with zero attached hydrogens (tertiary/aromatic N) is 3. The summed E-state index contributed by atoms with van der Waals surface area (Å²) in [4.78, 5) is 4.13. The lowest BCUT2D eigenvalue weighted by atomic mass is 10.0. The van der Waals surface area contributed by atoms with Gasteiger partial charge in [-0.3, -0.25) is 0 Å². The summed E-state index contributed by atoms with van der Waals surface area (Å²) in [6.07, 6.45) is -9.82. The molecule has 0 unspecified atom stereocenters. The molecular weight excluding hydrogens is 448 g/mol. The number of hydrogen-bond donors (Lipinski definition) is 0. The summed E-state index contributed by atoms with van der Waals surface area (Å²) in [5, 5.41) is 9.85. The van der Waals surface area contributed by atoms with Crippen molar-refractivity contribution in [3.8, 4) is 11.3 Å². The van der Waals surface area contributed by atoms with Crippen molar-refractivity contribution in [1.29, 1.82) is 0 Å². The number of aromatic nitrogens is 3. The van der Waals surface area contributed by atoms with Gasteiger partial charge < -0.3 is 4.74 Å². The SMILES string of the molecule is COCc1nnc(Sc2nc(-c3cc(C(F)(F)F)cc(C(F)(F)F)c3)cs2)s1. The summed E-state index contributed by atoms with van der Waals surface area (Å²) in [6, 6.07) is 1.39. The molecule has 1 aromatic carbocycles. The van der Waals surface area contributed by atoms with Crippen LogP contribution in [0.25, 0.3) is 11.3 Å². The van der Waals surface area contributed by atoms with Gasteiger partial charge in [-0.25, -0.2) is 4.98 Å². The highest BCUT2D eigenvalue weighted by atomic mass is 32.2. The first-order chi connectivity index (χ1) is 13.1. The normalized spacial score (nSPS) is 12.5. The minimum atomic E-state index is -4.91. The predicted octanol–water partition coefficient (Wildman–Crippen LogP) is 6.00. The molecule has 2 heterocycles. The Morgan fingerprint density at radius 1 is 0.964 bits per heavy atom. The molecule has 0 radical (unpaired) electrons. The van der Waals surface area contributed by atoms with E-state index in [1.165, 1.54) is 23.8 Å². The van der Waals surface area contributed by atoms with Gasteiger partial charge in [0.1, 0.15) is 5.01 Å². The van der Waals surface area contributed by atoms with Crippen molar-refractivity contribution in [1.82, 2.24) is 15.2 Å². The van der Waals surface area contributed by atoms with Crippen molar-refractivity contribution < 1.29 is 31.1 Å². The second-order valence-corrected chi connectivity index (χ2v) is 8.70. The van der Waals surface area contributed by atoms with E-state index < -0.39 is 23.5 Å². The molecule has 13 heteroatoms. The molecule has 0 amide bonds. The molecule has 0 spiro atoms. The summed E-state index contributed by atoms with van der Waals surface area (Å²) in [5.41, 5.74) is -3.01. The summed E-state index contributed by atoms with van der Waals surface area (Å²) >= 11 is 3.46. The van der Waals surface area contributed by atoms with E-state index in [1.54, 1.807) is 0 Å². The number of rotatable bonds is 5. The average Bonchev–Trinajstić information content (AvgIpc) is 3.23. The Labute approximate surface area is 166 Å². The highest BCUT2D eigenvalue weighted by molar-refractivity contribution is 8.02. The average molecular weight is 457 g/mol. The smallest absolute Gasteiger partial charge is 0.377 e. The first-order valence-electron chi connectivity index (χ1n) is 7.31. The number of halogens is 6. The summed E-state index contributed by atoms with van der Waals surface area (Å²) < 4.78 is 83.9. The van der Waals surface area contributed by atoms with Gasteiger partial charge in [-0.2, -0.15) is 26.3 Å². The Kier molecular flexibility index (Phi) is 5.98. The second kappa shape index (κ2) is 7.97. The summed E-state index contributed by atoms with van der Waals surface area (Å²) in [7, 11) is 1.51. The van der Waals surface area contributed by atoms with Crippen LogP contribution in [0.1, 0.15) is 16.1 Å². The lowest BCUT2D eigenvalue weighted by Gasteiger charge is -2.13. The maximum Gasteiger partial charge on any atom is 0.416 e. The van der Waals surface area contributed by atoms with Crippen molar-refractivity contribution in [2.45, 2.75) is 27.6 Å². The van der Waals surface area contributed by atoms with Crippen LogP contribution in [0.4, 0.5) is 26.3 Å². The van der Waals surface area contributed by atoms with Crippen molar-refractivity contribution in [2.24, 2.45) is 0 Å². The fourth-order valence-electron chi connectivity index (χ4n) is 2.08. The molecule has 150 valence electrons. The Balaban J connectivity index is 1.91. The third kappa shape index (κ3) is 5.01. The molecule has 0 atom stereocenters. The maximum absolute atomic E-state index is 13.0. The van der Waals surface area contributed by atoms with Crippen LogP contribution in [0.5, 0.6) is 0 Å². The predicted molar refractivity (Wildman–Crippen MR) is 92.3 cm³/mol. The third-order valence-corrected chi connectivity index (χ3v) is 6.14. The number of alkyl halides is 6. The number of benzene rings is 1. The van der Waals surface area contributed by atoms with Crippen molar-refractivity contribution in [2.75, 3.05) is 7.11 Å². The van der Waals surface area contributed by atoms with Gasteiger partial charge in [-0.05, 0) is 30.0 Å². The Morgan fingerprint density at radius 2 is 1.61 bits per heavy atom. The van der Waals surface area contributed by atoms with Crippen LogP contribution in [0.15, 0.2) is 32.3 Å². The molecule has 0 saturated heterocycles. The number of methoxy groups -OCH3 is 1. The molecule has 3 rings (SSSR count). The zero-order valence-corrected chi connectivity index (χ0v) is 16.2. The van der Waals surface area contributed by atoms with Crippen LogP contribution >= 0.6 is 34.4 Å². The lowest BCUT2D eigenvalue weighted by molar-refractivity contribution is -0.143. The second-order valence-electron chi connectivity index (χ2n) is 5.29. The van der Waals surface area contributed by atoms with Gasteiger partial charge in [0.05, 0.1) is 23.4 Å². The Hall–Kier alpha value is -1.70. The van der Waals surface area contributed by atoms with Crippen LogP contribution in [-0.4, -0.2) is 22.3 Å². The van der Waals surface area contributed by atoms with Crippen LogP contribution in [0, 0.1) is 0 Å². The Morgan fingerprint density at radius 3 is 2.18 bits per heavy atom. The largest absolute Gasteiger partial charge is 0.416 e. The quantitative estimate of drug-likeness (QED) is 0.440. The van der Waals surface area contributed by atoms with Crippen molar-refractivity contribution in [3.05, 3.63) is 39.7 Å². The van der Waals surface area contributed by atoms with Crippen LogP contribution in [0.2, 0.25) is 0 Å². The zero-order valence-electron chi connectivity index (χ0n) is 13.8. The number of hydrogen-bond acceptors (Lipinski definition) is 7. The molecule has 0 bridgehead atoms. The molecule has 0 aliphatic heterocycles. The topological polar surface area (TPSA) is 47.9 Å². The Bertz CT molecular complexity index is 934. The van der Waals surface area contributed by atoms with Gasteiger partial charge in [-0.1, -0.05) is 11.3 Å². The highest BCUT2D eigenvalue weighted by Crippen LogP contribution is 2.40. The molecule has 4 nitrogen and oxygen atoms in total. The fourth-order valence-corrected chi connectivity index (χ4v) is 4.97. The van der Waals surface area contributed by atoms with E-state index in [-0.39, 0.29) is 23.9 Å². The van der Waals surface area contributed by atoms with E-state index in [0.717, 1.165) is 23.1 Å². The standard InChI is InChI=1S/C15H9F6N3OS3/c1-25-5-11-23-24-13(27-11)28-12-22-10(6-26-12)7-2-8(14(16,17)18)4-9(3-7)15(19,20)21/h2-4,6H,5H2,1H3. The van der Waals surface area contributed by atoms with E-state index in [0.29, 0.717) is 25.8 Å². The molecule has 0 saturated carbocycles. The fraction of sp³-hybridized carbons (Fsp3) is 0.267. The maximum atomic E-state index is 13.0. The van der Waals surface area contributed by atoms with Gasteiger partial charge in [-0.15, -0.1) is 21.5 Å². The van der Waals surface area contributed by atoms with Crippen molar-refractivity contribution in [3.63, 3.8) is 0 Å². The molecule has 0 aliphatic carbocycles. The highest BCUT2D eigenvalue weighted by Gasteiger charge is 2.37. The van der Waals surface area contributed by atoms with Gasteiger partial charge in [0.15, 0.2) is 8.68 Å². The van der Waals surface area contributed by atoms with Crippen LogP contribution < -0.4 is 0 Å². The molecule has 0 N–H and O–H groups in total. The molecule has 2 aromatic heterocycles. The van der Waals surface area contributed by atoms with E-state index in [2.05, 4.69) is 15.2 Å². The van der Waals surface area contributed by atoms with Crippen LogP contribution in [0.3, 0.4) is 0 Å². The molecule has 3 aromatic rings. The molecule has 28 heavy (non-hydrogen) atoms. The zero-order chi connectivity index (χ0) is 20.5. The van der Waals surface area contributed by atoms with E-state index in [1.807, 2.05) is 0 Å². The summed E-state index contributed by atoms with van der Waals surface area (Å²) in [5.74, 6) is 0. The van der Waals surface area contributed by atoms with E-state index in [9.17, 15) is 26.3 Å². The van der Waals surface area contributed by atoms with Gasteiger partial charge >= 0.3 is 12.4 Å². The number of ether oxygens (including phenoxy) is 1. The van der Waals surface area contributed by atoms with Gasteiger partial charge in [0.2, 0.25) is 0 Å². The van der Waals surface area contributed by atoms with E-state index in [4.69, 9.17) is 4.74 Å². The molecular formula is C15H9F6N3OS3. The molecule has 0 aliphatic rings. The minimum absolute atomic E-state index is 0.0192. The van der Waals surface area contributed by atoms with Gasteiger partial charge in [0, 0.05) is 18.1 Å².